The van der Waals surface area contributed by atoms with E-state index in [1.54, 1.807) is 4.90 Å². The number of hydrogen-bond donors (Lipinski definition) is 1. The molecule has 1 fully saturated rings. The van der Waals surface area contributed by atoms with Crippen LogP contribution in [-0.2, 0) is 6.54 Å². The number of halogens is 2. The van der Waals surface area contributed by atoms with Crippen molar-refractivity contribution in [1.82, 2.24) is 0 Å². The van der Waals surface area contributed by atoms with Gasteiger partial charge in [-0.25, -0.2) is 4.39 Å². The van der Waals surface area contributed by atoms with Gasteiger partial charge in [0.25, 0.3) is 0 Å². The van der Waals surface area contributed by atoms with Gasteiger partial charge in [0.1, 0.15) is 23.9 Å². The Kier molecular flexibility index (Phi) is 5.79. The lowest BCUT2D eigenvalue weighted by molar-refractivity contribution is -0.914. The second kappa shape index (κ2) is 8.63. The Morgan fingerprint density at radius 2 is 1.61 bits per heavy atom. The summed E-state index contributed by atoms with van der Waals surface area (Å²) in [6, 6.07) is 22.4. The van der Waals surface area contributed by atoms with E-state index >= 15 is 0 Å². The summed E-state index contributed by atoms with van der Waals surface area (Å²) in [5.41, 5.74) is 2.36. The Hall–Kier alpha value is -2.56. The summed E-state index contributed by atoms with van der Waals surface area (Å²) in [5.74, 6) is 1.43. The number of hydrogen-bond acceptors (Lipinski definition) is 2. The third kappa shape index (κ3) is 4.83. The fourth-order valence-electron chi connectivity index (χ4n) is 3.56. The Labute approximate surface area is 169 Å². The van der Waals surface area contributed by atoms with Gasteiger partial charge in [0.05, 0.1) is 26.2 Å². The zero-order valence-corrected chi connectivity index (χ0v) is 16.3. The molecule has 0 saturated carbocycles. The monoisotopic (exact) mass is 397 g/mol. The molecule has 0 aliphatic carbocycles. The van der Waals surface area contributed by atoms with E-state index in [0.29, 0.717) is 5.02 Å². The van der Waals surface area contributed by atoms with Crippen LogP contribution in [0.15, 0.2) is 72.8 Å². The van der Waals surface area contributed by atoms with E-state index in [-0.39, 0.29) is 5.82 Å². The molecule has 0 amide bonds. The Morgan fingerprint density at radius 3 is 2.32 bits per heavy atom. The number of quaternary nitrogens is 1. The first-order valence-corrected chi connectivity index (χ1v) is 9.90. The van der Waals surface area contributed by atoms with Crippen molar-refractivity contribution in [2.24, 2.45) is 0 Å². The maximum atomic E-state index is 13.1. The Morgan fingerprint density at radius 1 is 0.893 bits per heavy atom. The largest absolute Gasteiger partial charge is 0.457 e. The van der Waals surface area contributed by atoms with Gasteiger partial charge < -0.3 is 14.5 Å². The molecule has 1 aliphatic heterocycles. The first-order chi connectivity index (χ1) is 13.7. The van der Waals surface area contributed by atoms with Crippen molar-refractivity contribution in [3.63, 3.8) is 0 Å². The van der Waals surface area contributed by atoms with E-state index in [9.17, 15) is 4.39 Å². The van der Waals surface area contributed by atoms with Crippen molar-refractivity contribution in [2.75, 3.05) is 31.1 Å². The molecule has 0 bridgehead atoms. The van der Waals surface area contributed by atoms with Gasteiger partial charge in [0.2, 0.25) is 0 Å². The van der Waals surface area contributed by atoms with E-state index < -0.39 is 0 Å². The van der Waals surface area contributed by atoms with Crippen LogP contribution in [0.1, 0.15) is 5.56 Å². The standard InChI is InChI=1S/C23H22ClFN2O/c24-19-4-10-22(11-5-19)28-23-3-1-2-18(16-23)17-26-12-14-27(15-13-26)21-8-6-20(25)7-9-21/h1-11,16H,12-15,17H2/p+1. The van der Waals surface area contributed by atoms with Crippen molar-refractivity contribution in [3.8, 4) is 11.5 Å². The summed E-state index contributed by atoms with van der Waals surface area (Å²) in [4.78, 5) is 3.87. The van der Waals surface area contributed by atoms with Crippen molar-refractivity contribution in [3.05, 3.63) is 89.2 Å². The Balaban J connectivity index is 1.33. The van der Waals surface area contributed by atoms with Crippen molar-refractivity contribution in [1.29, 1.82) is 0 Å². The zero-order chi connectivity index (χ0) is 19.3. The number of ether oxygens (including phenoxy) is 1. The van der Waals surface area contributed by atoms with Crippen LogP contribution in [0.5, 0.6) is 11.5 Å². The number of nitrogens with zero attached hydrogens (tertiary/aromatic N) is 1. The van der Waals surface area contributed by atoms with Gasteiger partial charge >= 0.3 is 0 Å². The summed E-state index contributed by atoms with van der Waals surface area (Å²) in [6.45, 7) is 5.03. The molecule has 3 nitrogen and oxygen atoms in total. The topological polar surface area (TPSA) is 16.9 Å². The SMILES string of the molecule is Fc1ccc(N2CC[NH+](Cc3cccc(Oc4ccc(Cl)cc4)c3)CC2)cc1. The summed E-state index contributed by atoms with van der Waals surface area (Å²) in [7, 11) is 0. The van der Waals surface area contributed by atoms with Crippen LogP contribution in [0.25, 0.3) is 0 Å². The molecule has 5 heteroatoms. The van der Waals surface area contributed by atoms with Gasteiger partial charge in [-0.1, -0.05) is 23.7 Å². The minimum atomic E-state index is -0.186. The number of anilines is 1. The third-order valence-electron chi connectivity index (χ3n) is 5.06. The average molecular weight is 398 g/mol. The maximum Gasteiger partial charge on any atom is 0.127 e. The lowest BCUT2D eigenvalue weighted by Crippen LogP contribution is -3.13. The molecular formula is C23H23ClFN2O+. The van der Waals surface area contributed by atoms with Gasteiger partial charge in [-0.15, -0.1) is 0 Å². The smallest absolute Gasteiger partial charge is 0.127 e. The summed E-state index contributed by atoms with van der Waals surface area (Å²) in [6.07, 6.45) is 0. The predicted molar refractivity (Wildman–Crippen MR) is 111 cm³/mol. The van der Waals surface area contributed by atoms with Crippen molar-refractivity contribution >= 4 is 17.3 Å². The highest BCUT2D eigenvalue weighted by Gasteiger charge is 2.20. The lowest BCUT2D eigenvalue weighted by Gasteiger charge is -2.33. The fourth-order valence-corrected chi connectivity index (χ4v) is 3.68. The molecule has 0 radical (unpaired) electrons. The lowest BCUT2D eigenvalue weighted by atomic mass is 10.1. The molecular weight excluding hydrogens is 375 g/mol. The number of piperazine rings is 1. The average Bonchev–Trinajstić information content (AvgIpc) is 2.71. The highest BCUT2D eigenvalue weighted by atomic mass is 35.5. The van der Waals surface area contributed by atoms with Gasteiger partial charge in [-0.2, -0.15) is 0 Å². The molecule has 1 saturated heterocycles. The highest BCUT2D eigenvalue weighted by Crippen LogP contribution is 2.23. The summed E-state index contributed by atoms with van der Waals surface area (Å²) in [5, 5.41) is 0.699. The van der Waals surface area contributed by atoms with Crippen LogP contribution in [0.4, 0.5) is 10.1 Å². The van der Waals surface area contributed by atoms with Crippen LogP contribution in [0.2, 0.25) is 5.02 Å². The number of benzene rings is 3. The van der Waals surface area contributed by atoms with Crippen LogP contribution in [0, 0.1) is 5.82 Å². The first-order valence-electron chi connectivity index (χ1n) is 9.52. The fraction of sp³-hybridized carbons (Fsp3) is 0.217. The van der Waals surface area contributed by atoms with Crippen molar-refractivity contribution in [2.45, 2.75) is 6.54 Å². The van der Waals surface area contributed by atoms with E-state index in [0.717, 1.165) is 49.9 Å². The molecule has 4 rings (SSSR count). The maximum absolute atomic E-state index is 13.1. The van der Waals surface area contributed by atoms with E-state index in [1.165, 1.54) is 17.7 Å². The van der Waals surface area contributed by atoms with Crippen LogP contribution in [0.3, 0.4) is 0 Å². The quantitative estimate of drug-likeness (QED) is 0.695. The van der Waals surface area contributed by atoms with Gasteiger partial charge in [0, 0.05) is 16.3 Å². The van der Waals surface area contributed by atoms with E-state index in [1.807, 2.05) is 48.5 Å². The molecule has 144 valence electrons. The molecule has 3 aromatic carbocycles. The number of nitrogens with one attached hydrogen (secondary N) is 1. The summed E-state index contributed by atoms with van der Waals surface area (Å²) < 4.78 is 19.0. The van der Waals surface area contributed by atoms with Crippen LogP contribution >= 0.6 is 11.6 Å². The molecule has 1 aliphatic rings. The second-order valence-electron chi connectivity index (χ2n) is 7.09. The minimum absolute atomic E-state index is 0.186. The molecule has 3 aromatic rings. The molecule has 1 heterocycles. The zero-order valence-electron chi connectivity index (χ0n) is 15.6. The highest BCUT2D eigenvalue weighted by molar-refractivity contribution is 6.30. The summed E-state index contributed by atoms with van der Waals surface area (Å²) >= 11 is 5.93. The second-order valence-corrected chi connectivity index (χ2v) is 7.53. The number of rotatable bonds is 5. The Bertz CT molecular complexity index is 907. The van der Waals surface area contributed by atoms with Crippen LogP contribution < -0.4 is 14.5 Å². The van der Waals surface area contributed by atoms with E-state index in [4.69, 9.17) is 16.3 Å². The molecule has 0 atom stereocenters. The predicted octanol–water partition coefficient (Wildman–Crippen LogP) is 4.18. The minimum Gasteiger partial charge on any atom is -0.457 e. The van der Waals surface area contributed by atoms with Gasteiger partial charge in [0.15, 0.2) is 0 Å². The van der Waals surface area contributed by atoms with Gasteiger partial charge in [-0.3, -0.25) is 0 Å². The molecule has 0 unspecified atom stereocenters. The molecule has 0 aromatic heterocycles. The third-order valence-corrected chi connectivity index (χ3v) is 5.32. The van der Waals surface area contributed by atoms with Gasteiger partial charge in [-0.05, 0) is 60.7 Å². The normalized spacial score (nSPS) is 14.9. The van der Waals surface area contributed by atoms with Crippen LogP contribution in [-0.4, -0.2) is 26.2 Å². The van der Waals surface area contributed by atoms with Crippen molar-refractivity contribution < 1.29 is 14.0 Å². The molecule has 1 N–H and O–H groups in total. The molecule has 28 heavy (non-hydrogen) atoms. The molecule has 0 spiro atoms. The first kappa shape index (κ1) is 18.8. The van der Waals surface area contributed by atoms with E-state index in [2.05, 4.69) is 17.0 Å².